The van der Waals surface area contributed by atoms with Crippen LogP contribution in [0.25, 0.3) is 0 Å². The Labute approximate surface area is 218 Å². The molecule has 1 N–H and O–H groups in total. The van der Waals surface area contributed by atoms with Crippen molar-refractivity contribution in [3.05, 3.63) is 111 Å². The highest BCUT2D eigenvalue weighted by Crippen LogP contribution is 2.42. The monoisotopic (exact) mass is 545 g/mol. The molecule has 2 amide bonds. The van der Waals surface area contributed by atoms with Crippen LogP contribution in [0, 0.1) is 18.3 Å². The number of amides is 2. The van der Waals surface area contributed by atoms with E-state index in [9.17, 15) is 14.9 Å². The fourth-order valence-corrected chi connectivity index (χ4v) is 5.49. The second kappa shape index (κ2) is 11.4. The first kappa shape index (κ1) is 24.8. The lowest BCUT2D eigenvalue weighted by Crippen LogP contribution is -2.32. The van der Waals surface area contributed by atoms with Crippen molar-refractivity contribution in [1.82, 2.24) is 5.32 Å². The van der Waals surface area contributed by atoms with Crippen molar-refractivity contribution in [2.24, 2.45) is 0 Å². The molecule has 0 radical (unpaired) electrons. The molecule has 1 aliphatic rings. The van der Waals surface area contributed by atoms with E-state index in [1.807, 2.05) is 67.6 Å². The Morgan fingerprint density at radius 2 is 1.77 bits per heavy atom. The van der Waals surface area contributed by atoms with Crippen molar-refractivity contribution in [2.75, 3.05) is 11.4 Å². The van der Waals surface area contributed by atoms with E-state index < -0.39 is 11.2 Å². The number of halogens is 1. The van der Waals surface area contributed by atoms with E-state index in [-0.39, 0.29) is 11.5 Å². The maximum Gasteiger partial charge on any atom is 0.264 e. The van der Waals surface area contributed by atoms with E-state index >= 15 is 0 Å². The molecule has 0 unspecified atom stereocenters. The van der Waals surface area contributed by atoms with Crippen molar-refractivity contribution in [3.8, 4) is 6.07 Å². The largest absolute Gasteiger partial charge is 0.351 e. The van der Waals surface area contributed by atoms with Crippen LogP contribution in [0.2, 0.25) is 0 Å². The maximum absolute atomic E-state index is 13.6. The van der Waals surface area contributed by atoms with Gasteiger partial charge in [0.05, 0.1) is 5.25 Å². The summed E-state index contributed by atoms with van der Waals surface area (Å²) in [5, 5.41) is 12.7. The van der Waals surface area contributed by atoms with Gasteiger partial charge in [-0.2, -0.15) is 5.26 Å². The van der Waals surface area contributed by atoms with Crippen molar-refractivity contribution in [3.63, 3.8) is 0 Å². The van der Waals surface area contributed by atoms with Crippen molar-refractivity contribution in [2.45, 2.75) is 25.0 Å². The quantitative estimate of drug-likeness (QED) is 0.312. The zero-order valence-electron chi connectivity index (χ0n) is 19.2. The van der Waals surface area contributed by atoms with Crippen molar-refractivity contribution < 1.29 is 9.59 Å². The lowest BCUT2D eigenvalue weighted by Gasteiger charge is -2.19. The topological polar surface area (TPSA) is 73.2 Å². The van der Waals surface area contributed by atoms with Gasteiger partial charge in [-0.25, -0.2) is 0 Å². The number of anilines is 1. The number of nitriles is 1. The smallest absolute Gasteiger partial charge is 0.264 e. The first-order valence-corrected chi connectivity index (χ1v) is 12.9. The molecule has 5 nitrogen and oxygen atoms in total. The van der Waals surface area contributed by atoms with Crippen LogP contribution in [-0.4, -0.2) is 23.6 Å². The summed E-state index contributed by atoms with van der Waals surface area (Å²) in [6.45, 7) is 2.41. The number of thioether (sulfide) groups is 1. The normalized spacial score (nSPS) is 16.7. The molecule has 1 saturated heterocycles. The second-order valence-corrected chi connectivity index (χ2v) is 10.3. The van der Waals surface area contributed by atoms with Crippen molar-refractivity contribution in [1.29, 1.82) is 5.26 Å². The molecule has 0 spiro atoms. The molecule has 0 aromatic heterocycles. The van der Waals surface area contributed by atoms with Gasteiger partial charge in [-0.05, 0) is 55.2 Å². The molecular weight excluding hydrogens is 522 g/mol. The molecule has 35 heavy (non-hydrogen) atoms. The second-order valence-electron chi connectivity index (χ2n) is 8.23. The van der Waals surface area contributed by atoms with Gasteiger partial charge in [0.2, 0.25) is 5.91 Å². The summed E-state index contributed by atoms with van der Waals surface area (Å²) in [5.74, 6) is -0.615. The SMILES string of the molecule is Cc1cccc(C[C@H]2S/C(=C(/C#N)C(=O)NCCc3ccccc3)N(c3ccc(Br)cc3)C2=O)c1. The predicted octanol–water partition coefficient (Wildman–Crippen LogP) is 5.54. The number of benzene rings is 3. The Morgan fingerprint density at radius 3 is 2.46 bits per heavy atom. The lowest BCUT2D eigenvalue weighted by atomic mass is 10.1. The molecule has 1 atom stereocenters. The van der Waals surface area contributed by atoms with E-state index in [1.54, 1.807) is 12.1 Å². The highest BCUT2D eigenvalue weighted by Gasteiger charge is 2.40. The molecule has 3 aromatic rings. The van der Waals surface area contributed by atoms with Crippen LogP contribution in [0.5, 0.6) is 0 Å². The molecule has 1 heterocycles. The fraction of sp³-hybridized carbons (Fsp3) is 0.179. The summed E-state index contributed by atoms with van der Waals surface area (Å²) in [4.78, 5) is 28.1. The van der Waals surface area contributed by atoms with E-state index in [0.717, 1.165) is 21.2 Å². The number of hydrogen-bond donors (Lipinski definition) is 1. The van der Waals surface area contributed by atoms with Crippen LogP contribution < -0.4 is 10.2 Å². The lowest BCUT2D eigenvalue weighted by molar-refractivity contribution is -0.117. The third kappa shape index (κ3) is 6.02. The van der Waals surface area contributed by atoms with Gasteiger partial charge in [-0.15, -0.1) is 0 Å². The fourth-order valence-electron chi connectivity index (χ4n) is 3.92. The Hall–Kier alpha value is -3.34. The minimum absolute atomic E-state index is 0.0499. The summed E-state index contributed by atoms with van der Waals surface area (Å²) in [5.41, 5.74) is 3.83. The molecular formula is C28H24BrN3O2S. The minimum atomic E-state index is -0.475. The van der Waals surface area contributed by atoms with E-state index in [0.29, 0.717) is 30.1 Å². The Kier molecular flexibility index (Phi) is 8.06. The van der Waals surface area contributed by atoms with Gasteiger partial charge >= 0.3 is 0 Å². The molecule has 0 bridgehead atoms. The average molecular weight is 546 g/mol. The summed E-state index contributed by atoms with van der Waals surface area (Å²) in [6, 6.07) is 27.2. The molecule has 7 heteroatoms. The number of rotatable bonds is 7. The molecule has 1 fully saturated rings. The van der Waals surface area contributed by atoms with E-state index in [1.165, 1.54) is 16.7 Å². The summed E-state index contributed by atoms with van der Waals surface area (Å²) in [7, 11) is 0. The Balaban J connectivity index is 1.62. The number of hydrogen-bond acceptors (Lipinski definition) is 4. The maximum atomic E-state index is 13.6. The van der Waals surface area contributed by atoms with Gasteiger partial charge in [0, 0.05) is 16.7 Å². The number of carbonyl (C=O) groups is 2. The first-order valence-electron chi connectivity index (χ1n) is 11.2. The van der Waals surface area contributed by atoms with Gasteiger partial charge in [0.1, 0.15) is 16.7 Å². The van der Waals surface area contributed by atoms with Crippen LogP contribution in [0.3, 0.4) is 0 Å². The van der Waals surface area contributed by atoms with Crippen LogP contribution >= 0.6 is 27.7 Å². The summed E-state index contributed by atoms with van der Waals surface area (Å²) >= 11 is 4.70. The van der Waals surface area contributed by atoms with Gasteiger partial charge < -0.3 is 5.32 Å². The predicted molar refractivity (Wildman–Crippen MR) is 144 cm³/mol. The standard InChI is InChI=1S/C28H24BrN3O2S/c1-19-6-5-9-21(16-19)17-25-27(34)32(23-12-10-22(29)11-13-23)28(35-25)24(18-30)26(33)31-15-14-20-7-3-2-4-8-20/h2-13,16,25H,14-15,17H2,1H3,(H,31,33)/b28-24-/t25-/m1/s1. The number of carbonyl (C=O) groups excluding carboxylic acids is 2. The first-order chi connectivity index (χ1) is 17.0. The van der Waals surface area contributed by atoms with Crippen molar-refractivity contribution >= 4 is 45.2 Å². The van der Waals surface area contributed by atoms with Gasteiger partial charge in [-0.1, -0.05) is 87.9 Å². The third-order valence-electron chi connectivity index (χ3n) is 5.64. The average Bonchev–Trinajstić information content (AvgIpc) is 3.16. The van der Waals surface area contributed by atoms with Crippen LogP contribution in [0.15, 0.2) is 93.9 Å². The summed E-state index contributed by atoms with van der Waals surface area (Å²) in [6.07, 6.45) is 1.16. The number of nitrogens with zero attached hydrogens (tertiary/aromatic N) is 2. The van der Waals surface area contributed by atoms with Gasteiger partial charge in [-0.3, -0.25) is 14.5 Å². The number of nitrogens with one attached hydrogen (secondary N) is 1. The van der Waals surface area contributed by atoms with Crippen LogP contribution in [-0.2, 0) is 22.4 Å². The minimum Gasteiger partial charge on any atom is -0.351 e. The van der Waals surface area contributed by atoms with Gasteiger partial charge in [0.15, 0.2) is 0 Å². The molecule has 4 rings (SSSR count). The van der Waals surface area contributed by atoms with Crippen LogP contribution in [0.4, 0.5) is 5.69 Å². The number of aryl methyl sites for hydroxylation is 1. The van der Waals surface area contributed by atoms with E-state index in [4.69, 9.17) is 0 Å². The Morgan fingerprint density at radius 1 is 1.06 bits per heavy atom. The molecule has 176 valence electrons. The molecule has 3 aromatic carbocycles. The Bertz CT molecular complexity index is 1300. The zero-order valence-corrected chi connectivity index (χ0v) is 21.6. The van der Waals surface area contributed by atoms with E-state index in [2.05, 4.69) is 33.4 Å². The summed E-state index contributed by atoms with van der Waals surface area (Å²) < 4.78 is 0.876. The molecule has 1 aliphatic heterocycles. The molecule has 0 aliphatic carbocycles. The highest BCUT2D eigenvalue weighted by atomic mass is 79.9. The zero-order chi connectivity index (χ0) is 24.8. The molecule has 0 saturated carbocycles. The van der Waals surface area contributed by atoms with Gasteiger partial charge in [0.25, 0.3) is 5.91 Å². The third-order valence-corrected chi connectivity index (χ3v) is 7.43. The highest BCUT2D eigenvalue weighted by molar-refractivity contribution is 9.10. The van der Waals surface area contributed by atoms with Crippen LogP contribution in [0.1, 0.15) is 16.7 Å².